The third-order valence-electron chi connectivity index (χ3n) is 5.29. The lowest BCUT2D eigenvalue weighted by molar-refractivity contribution is -0.145. The van der Waals surface area contributed by atoms with E-state index in [1.54, 1.807) is 45.0 Å². The molecule has 0 bridgehead atoms. The Balaban J connectivity index is 3.40. The molecule has 0 heterocycles. The minimum Gasteiger partial charge on any atom is -0.468 e. The zero-order valence-electron chi connectivity index (χ0n) is 22.8. The van der Waals surface area contributed by atoms with Crippen molar-refractivity contribution in [3.8, 4) is 0 Å². The van der Waals surface area contributed by atoms with Gasteiger partial charge in [-0.3, -0.25) is 14.4 Å². The number of alkyl carbamates (subject to hydrolysis) is 1. The van der Waals surface area contributed by atoms with E-state index < -0.39 is 35.7 Å². The lowest BCUT2D eigenvalue weighted by Gasteiger charge is -2.35. The standard InChI is InChI=1S/C27H43N3O6/c1-8-9-13-16-30(25(33)21(17-19(2)3)29-26(34)36-27(4,5)6)23(20-14-11-10-12-15-20)24(32)28-18-22(31)35-7/h10-12,14-15,19,21,23H,8-9,13,16-18H2,1-7H3,(H,28,32)(H,29,34). The van der Waals surface area contributed by atoms with Gasteiger partial charge in [0.1, 0.15) is 24.2 Å². The second-order valence-corrected chi connectivity index (χ2v) is 10.2. The lowest BCUT2D eigenvalue weighted by atomic mass is 9.98. The summed E-state index contributed by atoms with van der Waals surface area (Å²) in [5.41, 5.74) is -0.123. The van der Waals surface area contributed by atoms with Crippen LogP contribution in [-0.4, -0.2) is 60.6 Å². The van der Waals surface area contributed by atoms with Crippen LogP contribution in [0.3, 0.4) is 0 Å². The van der Waals surface area contributed by atoms with Crippen molar-refractivity contribution in [2.24, 2.45) is 5.92 Å². The van der Waals surface area contributed by atoms with Gasteiger partial charge in [0.15, 0.2) is 0 Å². The average molecular weight is 506 g/mol. The van der Waals surface area contributed by atoms with Crippen molar-refractivity contribution in [2.45, 2.75) is 84.9 Å². The smallest absolute Gasteiger partial charge is 0.408 e. The van der Waals surface area contributed by atoms with E-state index in [-0.39, 0.29) is 18.4 Å². The first kappa shape index (κ1) is 30.9. The van der Waals surface area contributed by atoms with Gasteiger partial charge in [0.25, 0.3) is 0 Å². The predicted octanol–water partition coefficient (Wildman–Crippen LogP) is 3.98. The van der Waals surface area contributed by atoms with Crippen LogP contribution in [0.1, 0.15) is 78.8 Å². The van der Waals surface area contributed by atoms with Crippen LogP contribution in [0.15, 0.2) is 30.3 Å². The zero-order valence-corrected chi connectivity index (χ0v) is 22.8. The number of amides is 3. The minimum atomic E-state index is -0.990. The Morgan fingerprint density at radius 3 is 2.19 bits per heavy atom. The van der Waals surface area contributed by atoms with Crippen LogP contribution in [0.25, 0.3) is 0 Å². The van der Waals surface area contributed by atoms with Gasteiger partial charge >= 0.3 is 12.1 Å². The topological polar surface area (TPSA) is 114 Å². The molecule has 202 valence electrons. The van der Waals surface area contributed by atoms with Gasteiger partial charge in [-0.1, -0.05) is 63.9 Å². The van der Waals surface area contributed by atoms with Crippen LogP contribution in [0.5, 0.6) is 0 Å². The Labute approximate surface area is 215 Å². The number of benzene rings is 1. The Morgan fingerprint density at radius 1 is 1.03 bits per heavy atom. The lowest BCUT2D eigenvalue weighted by Crippen LogP contribution is -2.54. The maximum atomic E-state index is 14.0. The maximum Gasteiger partial charge on any atom is 0.408 e. The molecule has 1 rings (SSSR count). The summed E-state index contributed by atoms with van der Waals surface area (Å²) in [6, 6.07) is 7.05. The van der Waals surface area contributed by atoms with Crippen molar-refractivity contribution in [3.63, 3.8) is 0 Å². The van der Waals surface area contributed by atoms with Gasteiger partial charge in [-0.2, -0.15) is 0 Å². The summed E-state index contributed by atoms with van der Waals surface area (Å²) in [4.78, 5) is 53.1. The van der Waals surface area contributed by atoms with Gasteiger partial charge in [-0.05, 0) is 45.1 Å². The molecule has 0 aliphatic carbocycles. The molecule has 0 saturated heterocycles. The summed E-state index contributed by atoms with van der Waals surface area (Å²) in [5, 5.41) is 5.31. The van der Waals surface area contributed by atoms with Crippen molar-refractivity contribution in [3.05, 3.63) is 35.9 Å². The van der Waals surface area contributed by atoms with Crippen LogP contribution >= 0.6 is 0 Å². The Hall–Kier alpha value is -3.10. The van der Waals surface area contributed by atoms with Crippen LogP contribution in [0, 0.1) is 5.92 Å². The Kier molecular flexibility index (Phi) is 13.0. The number of ether oxygens (including phenoxy) is 2. The third-order valence-corrected chi connectivity index (χ3v) is 5.29. The van der Waals surface area contributed by atoms with E-state index in [0.29, 0.717) is 24.9 Å². The number of methoxy groups -OCH3 is 1. The first-order valence-corrected chi connectivity index (χ1v) is 12.6. The van der Waals surface area contributed by atoms with E-state index in [4.69, 9.17) is 4.74 Å². The molecule has 9 nitrogen and oxygen atoms in total. The minimum absolute atomic E-state index is 0.0923. The summed E-state index contributed by atoms with van der Waals surface area (Å²) >= 11 is 0. The summed E-state index contributed by atoms with van der Waals surface area (Å²) in [6.45, 7) is 11.2. The highest BCUT2D eigenvalue weighted by atomic mass is 16.6. The van der Waals surface area contributed by atoms with Gasteiger partial charge in [0.2, 0.25) is 11.8 Å². The van der Waals surface area contributed by atoms with Crippen LogP contribution in [-0.2, 0) is 23.9 Å². The molecule has 0 fully saturated rings. The van der Waals surface area contributed by atoms with Gasteiger partial charge in [-0.15, -0.1) is 0 Å². The molecule has 1 aromatic rings. The number of carbonyl (C=O) groups is 4. The molecule has 0 radical (unpaired) electrons. The van der Waals surface area contributed by atoms with Crippen LogP contribution < -0.4 is 10.6 Å². The van der Waals surface area contributed by atoms with E-state index in [2.05, 4.69) is 22.3 Å². The molecule has 1 aromatic carbocycles. The SMILES string of the molecule is CCCCCN(C(=O)C(CC(C)C)NC(=O)OC(C)(C)C)C(C(=O)NCC(=O)OC)c1ccccc1. The zero-order chi connectivity index (χ0) is 27.3. The van der Waals surface area contributed by atoms with Gasteiger partial charge < -0.3 is 25.0 Å². The molecular weight excluding hydrogens is 462 g/mol. The van der Waals surface area contributed by atoms with Gasteiger partial charge in [0, 0.05) is 6.54 Å². The highest BCUT2D eigenvalue weighted by molar-refractivity contribution is 5.93. The van der Waals surface area contributed by atoms with Crippen molar-refractivity contribution in [2.75, 3.05) is 20.2 Å². The van der Waals surface area contributed by atoms with Crippen molar-refractivity contribution in [1.82, 2.24) is 15.5 Å². The summed E-state index contributed by atoms with van der Waals surface area (Å²) in [5.74, 6) is -1.39. The molecule has 9 heteroatoms. The molecule has 2 unspecified atom stereocenters. The number of hydrogen-bond acceptors (Lipinski definition) is 6. The molecule has 0 aliphatic rings. The molecule has 3 amide bonds. The van der Waals surface area contributed by atoms with Crippen LogP contribution in [0.2, 0.25) is 0 Å². The number of carbonyl (C=O) groups excluding carboxylic acids is 4. The first-order valence-electron chi connectivity index (χ1n) is 12.6. The molecular formula is C27H43N3O6. The van der Waals surface area contributed by atoms with Crippen LogP contribution in [0.4, 0.5) is 4.79 Å². The van der Waals surface area contributed by atoms with E-state index in [9.17, 15) is 19.2 Å². The van der Waals surface area contributed by atoms with Gasteiger partial charge in [-0.25, -0.2) is 4.79 Å². The Bertz CT molecular complexity index is 851. The molecule has 0 aromatic heterocycles. The molecule has 0 spiro atoms. The number of unbranched alkanes of at least 4 members (excludes halogenated alkanes) is 2. The molecule has 0 aliphatic heterocycles. The fourth-order valence-corrected chi connectivity index (χ4v) is 3.68. The van der Waals surface area contributed by atoms with E-state index in [1.165, 1.54) is 12.0 Å². The fourth-order valence-electron chi connectivity index (χ4n) is 3.68. The number of nitrogens with one attached hydrogen (secondary N) is 2. The highest BCUT2D eigenvalue weighted by Crippen LogP contribution is 2.24. The average Bonchev–Trinajstić information content (AvgIpc) is 2.80. The monoisotopic (exact) mass is 505 g/mol. The molecule has 2 atom stereocenters. The number of hydrogen-bond donors (Lipinski definition) is 2. The van der Waals surface area contributed by atoms with Crippen molar-refractivity contribution < 1.29 is 28.7 Å². The molecule has 0 saturated carbocycles. The first-order chi connectivity index (χ1) is 16.9. The van der Waals surface area contributed by atoms with E-state index in [1.807, 2.05) is 19.9 Å². The quantitative estimate of drug-likeness (QED) is 0.310. The maximum absolute atomic E-state index is 14.0. The highest BCUT2D eigenvalue weighted by Gasteiger charge is 2.36. The largest absolute Gasteiger partial charge is 0.468 e. The Morgan fingerprint density at radius 2 is 1.67 bits per heavy atom. The number of esters is 1. The van der Waals surface area contributed by atoms with E-state index in [0.717, 1.165) is 12.8 Å². The number of nitrogens with zero attached hydrogens (tertiary/aromatic N) is 1. The second kappa shape index (κ2) is 15.1. The normalized spacial score (nSPS) is 12.9. The van der Waals surface area contributed by atoms with Crippen molar-refractivity contribution in [1.29, 1.82) is 0 Å². The fraction of sp³-hybridized carbons (Fsp3) is 0.630. The summed E-state index contributed by atoms with van der Waals surface area (Å²) in [6.07, 6.45) is 2.15. The summed E-state index contributed by atoms with van der Waals surface area (Å²) in [7, 11) is 1.24. The van der Waals surface area contributed by atoms with E-state index >= 15 is 0 Å². The van der Waals surface area contributed by atoms with Gasteiger partial charge in [0.05, 0.1) is 7.11 Å². The van der Waals surface area contributed by atoms with Crippen molar-refractivity contribution >= 4 is 23.9 Å². The number of rotatable bonds is 13. The molecule has 36 heavy (non-hydrogen) atoms. The second-order valence-electron chi connectivity index (χ2n) is 10.2. The summed E-state index contributed by atoms with van der Waals surface area (Å²) < 4.78 is 10.0. The molecule has 2 N–H and O–H groups in total. The predicted molar refractivity (Wildman–Crippen MR) is 138 cm³/mol. The third kappa shape index (κ3) is 11.1.